The van der Waals surface area contributed by atoms with Crippen molar-refractivity contribution in [2.24, 2.45) is 14.1 Å². The maximum Gasteiger partial charge on any atom is 0.352 e. The van der Waals surface area contributed by atoms with Crippen molar-refractivity contribution in [3.63, 3.8) is 0 Å². The van der Waals surface area contributed by atoms with Gasteiger partial charge in [-0.1, -0.05) is 18.2 Å². The van der Waals surface area contributed by atoms with Gasteiger partial charge in [-0.3, -0.25) is 9.59 Å². The molecule has 1 aliphatic rings. The molecule has 0 aliphatic carbocycles. The summed E-state index contributed by atoms with van der Waals surface area (Å²) < 4.78 is 19.5. The Bertz CT molecular complexity index is 1750. The van der Waals surface area contributed by atoms with Gasteiger partial charge in [0.25, 0.3) is 11.8 Å². The van der Waals surface area contributed by atoms with E-state index in [2.05, 4.69) is 10.6 Å². The number of fused-ring (bicyclic) bond motifs is 1. The number of nitrogens with one attached hydrogen (secondary N) is 2. The largest absolute Gasteiger partial charge is 0.497 e. The van der Waals surface area contributed by atoms with E-state index in [0.29, 0.717) is 22.5 Å². The standard InChI is InChI=1S/C30H30N4O8/c1-16-7-6-8-20-21(16)11-19(40-5)12-22(20)29(39)42-25(30(2)15-41-30)27(36)32-17-9-23(33(3)13-17)26(35)31-18-10-24(28(37)38)34(4)14-18/h6-14,25H,15H2,1-5H3,(H,31,35)(H,32,36)(H,37,38)/t25-,30+/m0/s1. The lowest BCUT2D eigenvalue weighted by Gasteiger charge is -2.21. The number of nitrogens with zero attached hydrogens (tertiary/aromatic N) is 2. The summed E-state index contributed by atoms with van der Waals surface area (Å²) in [6, 6.07) is 11.8. The molecule has 1 aliphatic heterocycles. The van der Waals surface area contributed by atoms with Crippen LogP contribution in [0, 0.1) is 6.92 Å². The summed E-state index contributed by atoms with van der Waals surface area (Å²) in [4.78, 5) is 51.1. The van der Waals surface area contributed by atoms with Crippen molar-refractivity contribution in [3.8, 4) is 5.75 Å². The lowest BCUT2D eigenvalue weighted by molar-refractivity contribution is -0.127. The second kappa shape index (κ2) is 10.7. The Morgan fingerprint density at radius 2 is 1.62 bits per heavy atom. The number of methoxy groups -OCH3 is 1. The number of anilines is 2. The Hall–Kier alpha value is -5.10. The molecule has 0 bridgehead atoms. The van der Waals surface area contributed by atoms with Crippen molar-refractivity contribution < 1.29 is 38.5 Å². The van der Waals surface area contributed by atoms with Gasteiger partial charge in [-0.2, -0.15) is 0 Å². The molecule has 0 unspecified atom stereocenters. The molecule has 2 atom stereocenters. The van der Waals surface area contributed by atoms with Crippen LogP contribution in [0.2, 0.25) is 0 Å². The number of aromatic nitrogens is 2. The van der Waals surface area contributed by atoms with Crippen LogP contribution in [0.4, 0.5) is 11.4 Å². The molecule has 1 fully saturated rings. The maximum absolute atomic E-state index is 13.5. The Balaban J connectivity index is 1.35. The molecule has 2 aromatic heterocycles. The molecule has 5 rings (SSSR count). The summed E-state index contributed by atoms with van der Waals surface area (Å²) in [7, 11) is 4.68. The van der Waals surface area contributed by atoms with Crippen LogP contribution in [0.25, 0.3) is 10.8 Å². The first-order chi connectivity index (χ1) is 19.9. The van der Waals surface area contributed by atoms with Crippen LogP contribution < -0.4 is 15.4 Å². The van der Waals surface area contributed by atoms with Gasteiger partial charge < -0.3 is 39.1 Å². The minimum atomic E-state index is -1.28. The number of carbonyl (C=O) groups excluding carboxylic acids is 3. The van der Waals surface area contributed by atoms with Gasteiger partial charge in [0.1, 0.15) is 22.7 Å². The van der Waals surface area contributed by atoms with Crippen molar-refractivity contribution >= 4 is 45.9 Å². The van der Waals surface area contributed by atoms with Crippen molar-refractivity contribution in [2.45, 2.75) is 25.6 Å². The average molecular weight is 575 g/mol. The van der Waals surface area contributed by atoms with E-state index < -0.39 is 35.5 Å². The third-order valence-electron chi connectivity index (χ3n) is 7.25. The number of carboxylic acid groups (broad SMARTS) is 1. The van der Waals surface area contributed by atoms with Gasteiger partial charge in [0.05, 0.1) is 30.7 Å². The fourth-order valence-corrected chi connectivity index (χ4v) is 4.80. The highest BCUT2D eigenvalue weighted by Gasteiger charge is 2.53. The maximum atomic E-state index is 13.5. The van der Waals surface area contributed by atoms with E-state index in [0.717, 1.165) is 10.9 Å². The van der Waals surface area contributed by atoms with Crippen LogP contribution >= 0.6 is 0 Å². The SMILES string of the molecule is COc1cc(C(=O)O[C@@H](C(=O)Nc2cc(C(=O)Nc3cc(C(=O)O)n(C)c3)n(C)c2)[C@@]2(C)CO2)c2cccc(C)c2c1. The highest BCUT2D eigenvalue weighted by atomic mass is 16.6. The highest BCUT2D eigenvalue weighted by molar-refractivity contribution is 6.08. The molecule has 42 heavy (non-hydrogen) atoms. The molecule has 12 nitrogen and oxygen atoms in total. The molecule has 0 saturated carbocycles. The summed E-state index contributed by atoms with van der Waals surface area (Å²) >= 11 is 0. The molecular formula is C30H30N4O8. The highest BCUT2D eigenvalue weighted by Crippen LogP contribution is 2.35. The molecule has 2 aromatic carbocycles. The summed E-state index contributed by atoms with van der Waals surface area (Å²) in [5, 5.41) is 16.1. The van der Waals surface area contributed by atoms with Gasteiger partial charge in [-0.15, -0.1) is 0 Å². The number of aromatic carboxylic acids is 1. The first kappa shape index (κ1) is 28.4. The van der Waals surface area contributed by atoms with Gasteiger partial charge in [-0.05, 0) is 54.4 Å². The number of ether oxygens (including phenoxy) is 3. The quantitative estimate of drug-likeness (QED) is 0.202. The lowest BCUT2D eigenvalue weighted by Crippen LogP contribution is -2.42. The predicted molar refractivity (Wildman–Crippen MR) is 153 cm³/mol. The van der Waals surface area contributed by atoms with E-state index in [4.69, 9.17) is 14.2 Å². The zero-order valence-electron chi connectivity index (χ0n) is 23.7. The van der Waals surface area contributed by atoms with E-state index in [-0.39, 0.29) is 23.6 Å². The van der Waals surface area contributed by atoms with Crippen molar-refractivity contribution in [1.82, 2.24) is 9.13 Å². The molecule has 1 saturated heterocycles. The van der Waals surface area contributed by atoms with E-state index in [1.54, 1.807) is 33.2 Å². The molecule has 2 amide bonds. The van der Waals surface area contributed by atoms with E-state index in [1.807, 2.05) is 25.1 Å². The average Bonchev–Trinajstić information content (AvgIpc) is 3.41. The van der Waals surface area contributed by atoms with Crippen molar-refractivity contribution in [2.75, 3.05) is 24.4 Å². The molecular weight excluding hydrogens is 544 g/mol. The summed E-state index contributed by atoms with van der Waals surface area (Å²) in [5.41, 5.74) is 0.989. The van der Waals surface area contributed by atoms with Crippen LogP contribution in [-0.2, 0) is 28.4 Å². The third kappa shape index (κ3) is 5.44. The minimum absolute atomic E-state index is 0.0126. The number of esters is 1. The Kier molecular flexibility index (Phi) is 7.25. The number of aryl methyl sites for hydroxylation is 3. The van der Waals surface area contributed by atoms with E-state index >= 15 is 0 Å². The molecule has 218 valence electrons. The molecule has 0 radical (unpaired) electrons. The molecule has 3 N–H and O–H groups in total. The number of benzene rings is 2. The molecule has 3 heterocycles. The fourth-order valence-electron chi connectivity index (χ4n) is 4.80. The Morgan fingerprint density at radius 3 is 2.24 bits per heavy atom. The lowest BCUT2D eigenvalue weighted by atomic mass is 10.00. The topological polar surface area (TPSA) is 153 Å². The van der Waals surface area contributed by atoms with Gasteiger partial charge >= 0.3 is 11.9 Å². The number of epoxide rings is 1. The smallest absolute Gasteiger partial charge is 0.352 e. The van der Waals surface area contributed by atoms with Gasteiger partial charge in [0.15, 0.2) is 0 Å². The zero-order chi connectivity index (χ0) is 30.3. The van der Waals surface area contributed by atoms with Crippen LogP contribution in [-0.4, -0.2) is 63.4 Å². The second-order valence-corrected chi connectivity index (χ2v) is 10.4. The van der Waals surface area contributed by atoms with Crippen LogP contribution in [0.5, 0.6) is 5.75 Å². The number of amides is 2. The van der Waals surface area contributed by atoms with Crippen LogP contribution in [0.3, 0.4) is 0 Å². The second-order valence-electron chi connectivity index (χ2n) is 10.4. The van der Waals surface area contributed by atoms with Gasteiger partial charge in [-0.25, -0.2) is 9.59 Å². The summed E-state index contributed by atoms with van der Waals surface area (Å²) in [6.07, 6.45) is 1.73. The zero-order valence-corrected chi connectivity index (χ0v) is 23.7. The summed E-state index contributed by atoms with van der Waals surface area (Å²) in [5.74, 6) is -2.50. The first-order valence-corrected chi connectivity index (χ1v) is 13.0. The Morgan fingerprint density at radius 1 is 0.976 bits per heavy atom. The van der Waals surface area contributed by atoms with Gasteiger partial charge in [0.2, 0.25) is 6.10 Å². The molecule has 4 aromatic rings. The van der Waals surface area contributed by atoms with E-state index in [1.165, 1.54) is 40.8 Å². The fraction of sp³-hybridized carbons (Fsp3) is 0.267. The molecule has 12 heteroatoms. The number of rotatable bonds is 9. The number of hydrogen-bond acceptors (Lipinski definition) is 7. The van der Waals surface area contributed by atoms with Crippen molar-refractivity contribution in [1.29, 1.82) is 0 Å². The minimum Gasteiger partial charge on any atom is -0.497 e. The number of carbonyl (C=O) groups is 4. The monoisotopic (exact) mass is 574 g/mol. The normalized spacial score (nSPS) is 16.5. The van der Waals surface area contributed by atoms with Gasteiger partial charge in [0, 0.05) is 26.5 Å². The predicted octanol–water partition coefficient (Wildman–Crippen LogP) is 3.74. The van der Waals surface area contributed by atoms with Crippen molar-refractivity contribution in [3.05, 3.63) is 77.4 Å². The summed E-state index contributed by atoms with van der Waals surface area (Å²) in [6.45, 7) is 3.81. The number of carboxylic acids is 1. The van der Waals surface area contributed by atoms with E-state index in [9.17, 15) is 24.3 Å². The number of hydrogen-bond donors (Lipinski definition) is 3. The Labute approximate surface area is 240 Å². The third-order valence-corrected chi connectivity index (χ3v) is 7.25. The molecule has 0 spiro atoms. The first-order valence-electron chi connectivity index (χ1n) is 13.0. The van der Waals surface area contributed by atoms with Crippen LogP contribution in [0.1, 0.15) is 43.8 Å². The van der Waals surface area contributed by atoms with Crippen LogP contribution in [0.15, 0.2) is 54.9 Å².